The Balaban J connectivity index is 2.32. The third-order valence-corrected chi connectivity index (χ3v) is 4.79. The van der Waals surface area contributed by atoms with E-state index in [4.69, 9.17) is 23.7 Å². The summed E-state index contributed by atoms with van der Waals surface area (Å²) in [6.07, 6.45) is 1.14. The predicted octanol–water partition coefficient (Wildman–Crippen LogP) is 4.50. The number of hydrogen-bond acceptors (Lipinski definition) is 6. The van der Waals surface area contributed by atoms with Gasteiger partial charge in [-0.3, -0.25) is 4.79 Å². The molecule has 2 aromatic rings. The normalized spacial score (nSPS) is 11.5. The van der Waals surface area contributed by atoms with Crippen LogP contribution in [0, 0.1) is 0 Å². The van der Waals surface area contributed by atoms with Crippen molar-refractivity contribution in [1.82, 2.24) is 0 Å². The van der Waals surface area contributed by atoms with Gasteiger partial charge in [0.15, 0.2) is 28.8 Å². The highest BCUT2D eigenvalue weighted by molar-refractivity contribution is 5.97. The first-order valence-corrected chi connectivity index (χ1v) is 9.07. The monoisotopic (exact) mass is 388 g/mol. The summed E-state index contributed by atoms with van der Waals surface area (Å²) in [7, 11) is 7.85. The van der Waals surface area contributed by atoms with Gasteiger partial charge < -0.3 is 23.7 Å². The molecule has 1 atom stereocenters. The van der Waals surface area contributed by atoms with Crippen LogP contribution in [0.25, 0.3) is 0 Å². The Morgan fingerprint density at radius 1 is 0.786 bits per heavy atom. The third-order valence-electron chi connectivity index (χ3n) is 4.79. The van der Waals surface area contributed by atoms with E-state index in [1.54, 1.807) is 53.7 Å². The van der Waals surface area contributed by atoms with Crippen LogP contribution in [0.5, 0.6) is 28.7 Å². The van der Waals surface area contributed by atoms with Crippen molar-refractivity contribution in [3.8, 4) is 28.7 Å². The van der Waals surface area contributed by atoms with Crippen molar-refractivity contribution in [2.45, 2.75) is 25.7 Å². The number of ether oxygens (including phenoxy) is 5. The van der Waals surface area contributed by atoms with E-state index in [1.807, 2.05) is 12.1 Å². The lowest BCUT2D eigenvalue weighted by atomic mass is 9.89. The van der Waals surface area contributed by atoms with E-state index in [-0.39, 0.29) is 11.7 Å². The van der Waals surface area contributed by atoms with Crippen LogP contribution in [-0.4, -0.2) is 41.3 Å². The van der Waals surface area contributed by atoms with E-state index in [1.165, 1.54) is 0 Å². The predicted molar refractivity (Wildman–Crippen MR) is 108 cm³/mol. The first-order chi connectivity index (χ1) is 13.5. The molecular weight excluding hydrogens is 360 g/mol. The van der Waals surface area contributed by atoms with Crippen molar-refractivity contribution in [3.63, 3.8) is 0 Å². The molecule has 2 aromatic carbocycles. The summed E-state index contributed by atoms with van der Waals surface area (Å²) in [5.74, 6) is 2.86. The fourth-order valence-corrected chi connectivity index (χ4v) is 3.19. The van der Waals surface area contributed by atoms with Gasteiger partial charge in [0.1, 0.15) is 0 Å². The molecule has 0 aliphatic rings. The molecule has 0 aromatic heterocycles. The van der Waals surface area contributed by atoms with Gasteiger partial charge >= 0.3 is 0 Å². The van der Waals surface area contributed by atoms with Crippen molar-refractivity contribution in [1.29, 1.82) is 0 Å². The molecule has 6 nitrogen and oxygen atoms in total. The fraction of sp³-hybridized carbons (Fsp3) is 0.409. The number of Topliss-reactive ketones (excluding diaryl/α,β-unsaturated/α-hetero) is 1. The number of benzene rings is 2. The van der Waals surface area contributed by atoms with Crippen LogP contribution < -0.4 is 23.7 Å². The zero-order valence-electron chi connectivity index (χ0n) is 17.3. The molecule has 1 unspecified atom stereocenters. The lowest BCUT2D eigenvalue weighted by Gasteiger charge is -2.19. The van der Waals surface area contributed by atoms with Gasteiger partial charge in [-0.25, -0.2) is 0 Å². The minimum absolute atomic E-state index is 0.00861. The first-order valence-electron chi connectivity index (χ1n) is 9.07. The summed E-state index contributed by atoms with van der Waals surface area (Å²) in [4.78, 5) is 12.9. The van der Waals surface area contributed by atoms with Gasteiger partial charge in [-0.15, -0.1) is 0 Å². The number of carbonyl (C=O) groups is 1. The molecule has 6 heteroatoms. The molecule has 0 saturated carbocycles. The standard InChI is InChI=1S/C22H28O6/c1-7-14(16-12-20(26-4)22(28-6)21(13-16)27-5)10-17(23)15-8-9-18(24-2)19(11-15)25-3/h8-9,11-14H,7,10H2,1-6H3. The minimum Gasteiger partial charge on any atom is -0.493 e. The molecule has 28 heavy (non-hydrogen) atoms. The van der Waals surface area contributed by atoms with Crippen LogP contribution >= 0.6 is 0 Å². The van der Waals surface area contributed by atoms with Crippen molar-refractivity contribution >= 4 is 5.78 Å². The Bertz CT molecular complexity index is 790. The highest BCUT2D eigenvalue weighted by Crippen LogP contribution is 2.41. The number of hydrogen-bond donors (Lipinski definition) is 0. The molecule has 2 rings (SSSR count). The minimum atomic E-state index is 0.00861. The van der Waals surface area contributed by atoms with E-state index in [9.17, 15) is 4.79 Å². The van der Waals surface area contributed by atoms with Gasteiger partial charge in [0.05, 0.1) is 35.5 Å². The summed E-state index contributed by atoms with van der Waals surface area (Å²) in [5, 5.41) is 0. The van der Waals surface area contributed by atoms with Gasteiger partial charge in [-0.2, -0.15) is 0 Å². The van der Waals surface area contributed by atoms with Gasteiger partial charge in [0, 0.05) is 12.0 Å². The van der Waals surface area contributed by atoms with Crippen molar-refractivity contribution in [2.24, 2.45) is 0 Å². The quantitative estimate of drug-likeness (QED) is 0.559. The highest BCUT2D eigenvalue weighted by atomic mass is 16.5. The molecular formula is C22H28O6. The topological polar surface area (TPSA) is 63.2 Å². The van der Waals surface area contributed by atoms with E-state index in [2.05, 4.69) is 6.92 Å². The maximum atomic E-state index is 12.9. The van der Waals surface area contributed by atoms with Crippen molar-refractivity contribution < 1.29 is 28.5 Å². The Kier molecular flexibility index (Phi) is 7.55. The number of methoxy groups -OCH3 is 5. The maximum Gasteiger partial charge on any atom is 0.203 e. The van der Waals surface area contributed by atoms with Crippen LogP contribution in [0.15, 0.2) is 30.3 Å². The SMILES string of the molecule is CCC(CC(=O)c1ccc(OC)c(OC)c1)c1cc(OC)c(OC)c(OC)c1. The second-order valence-electron chi connectivity index (χ2n) is 6.26. The smallest absolute Gasteiger partial charge is 0.203 e. The van der Waals surface area contributed by atoms with Crippen LogP contribution in [0.2, 0.25) is 0 Å². The molecule has 0 aliphatic heterocycles. The molecule has 0 bridgehead atoms. The van der Waals surface area contributed by atoms with Gasteiger partial charge in [0.2, 0.25) is 5.75 Å². The summed E-state index contributed by atoms with van der Waals surface area (Å²) in [5.41, 5.74) is 1.55. The van der Waals surface area contributed by atoms with E-state index < -0.39 is 0 Å². The Morgan fingerprint density at radius 2 is 1.36 bits per heavy atom. The van der Waals surface area contributed by atoms with Crippen molar-refractivity contribution in [3.05, 3.63) is 41.5 Å². The van der Waals surface area contributed by atoms with E-state index in [0.29, 0.717) is 40.7 Å². The highest BCUT2D eigenvalue weighted by Gasteiger charge is 2.21. The molecule has 0 spiro atoms. The summed E-state index contributed by atoms with van der Waals surface area (Å²) in [6.45, 7) is 2.05. The van der Waals surface area contributed by atoms with E-state index >= 15 is 0 Å². The number of rotatable bonds is 10. The molecule has 152 valence electrons. The second-order valence-corrected chi connectivity index (χ2v) is 6.26. The molecule has 0 radical (unpaired) electrons. The van der Waals surface area contributed by atoms with Crippen LogP contribution in [0.1, 0.15) is 41.6 Å². The lowest BCUT2D eigenvalue weighted by Crippen LogP contribution is -2.08. The third kappa shape index (κ3) is 4.50. The fourth-order valence-electron chi connectivity index (χ4n) is 3.19. The molecule has 0 aliphatic carbocycles. The van der Waals surface area contributed by atoms with Crippen LogP contribution in [0.3, 0.4) is 0 Å². The zero-order chi connectivity index (χ0) is 20.7. The van der Waals surface area contributed by atoms with Gasteiger partial charge in [-0.05, 0) is 48.2 Å². The molecule has 0 saturated heterocycles. The lowest BCUT2D eigenvalue weighted by molar-refractivity contribution is 0.0972. The molecule has 0 heterocycles. The van der Waals surface area contributed by atoms with Gasteiger partial charge in [0.25, 0.3) is 0 Å². The second kappa shape index (κ2) is 9.88. The zero-order valence-corrected chi connectivity index (χ0v) is 17.3. The Morgan fingerprint density at radius 3 is 1.82 bits per heavy atom. The average Bonchev–Trinajstić information content (AvgIpc) is 2.75. The maximum absolute atomic E-state index is 12.9. The number of carbonyl (C=O) groups excluding carboxylic acids is 1. The summed E-state index contributed by atoms with van der Waals surface area (Å²) >= 11 is 0. The first kappa shape index (κ1) is 21.4. The largest absolute Gasteiger partial charge is 0.493 e. The van der Waals surface area contributed by atoms with Gasteiger partial charge in [-0.1, -0.05) is 6.92 Å². The average molecular weight is 388 g/mol. The molecule has 0 N–H and O–H groups in total. The van der Waals surface area contributed by atoms with E-state index in [0.717, 1.165) is 12.0 Å². The van der Waals surface area contributed by atoms with Crippen LogP contribution in [-0.2, 0) is 0 Å². The number of ketones is 1. The Labute approximate surface area is 166 Å². The van der Waals surface area contributed by atoms with Crippen LogP contribution in [0.4, 0.5) is 0 Å². The Hall–Kier alpha value is -2.89. The molecule has 0 amide bonds. The summed E-state index contributed by atoms with van der Waals surface area (Å²) < 4.78 is 26.8. The molecule has 0 fully saturated rings. The van der Waals surface area contributed by atoms with Crippen molar-refractivity contribution in [2.75, 3.05) is 35.5 Å². The summed E-state index contributed by atoms with van der Waals surface area (Å²) in [6, 6.07) is 9.01.